The zero-order valence-corrected chi connectivity index (χ0v) is 13.8. The summed E-state index contributed by atoms with van der Waals surface area (Å²) < 4.78 is 14.9. The molecule has 3 aromatic rings. The van der Waals surface area contributed by atoms with Crippen LogP contribution in [-0.2, 0) is 6.54 Å². The van der Waals surface area contributed by atoms with Crippen LogP contribution in [0.1, 0.15) is 29.9 Å². The van der Waals surface area contributed by atoms with Crippen molar-refractivity contribution in [2.45, 2.75) is 25.3 Å². The van der Waals surface area contributed by atoms with Crippen molar-refractivity contribution in [3.63, 3.8) is 0 Å². The van der Waals surface area contributed by atoms with Crippen LogP contribution in [0.3, 0.4) is 0 Å². The molecule has 0 bridgehead atoms. The monoisotopic (exact) mass is 360 g/mol. The van der Waals surface area contributed by atoms with Gasteiger partial charge >= 0.3 is 6.09 Å². The number of hydrogen-bond acceptors (Lipinski definition) is 3. The number of rotatable bonds is 4. The lowest BCUT2D eigenvalue weighted by atomic mass is 10.2. The van der Waals surface area contributed by atoms with Gasteiger partial charge in [-0.25, -0.2) is 14.2 Å². The molecule has 0 unspecified atom stereocenters. The lowest BCUT2D eigenvalue weighted by Crippen LogP contribution is -2.30. The summed E-state index contributed by atoms with van der Waals surface area (Å²) in [7, 11) is 0. The number of carboxylic acid groups (broad SMARTS) is 1. The first-order valence-corrected chi connectivity index (χ1v) is 8.20. The van der Waals surface area contributed by atoms with Crippen LogP contribution in [-0.4, -0.2) is 25.8 Å². The van der Waals surface area contributed by atoms with Gasteiger partial charge in [-0.2, -0.15) is 9.61 Å². The molecule has 0 radical (unpaired) electrons. The minimum Gasteiger partial charge on any atom is -0.465 e. The van der Waals surface area contributed by atoms with Gasteiger partial charge < -0.3 is 5.11 Å². The lowest BCUT2D eigenvalue weighted by Gasteiger charge is -2.20. The predicted molar refractivity (Wildman–Crippen MR) is 90.6 cm³/mol. The van der Waals surface area contributed by atoms with Crippen molar-refractivity contribution in [1.29, 1.82) is 0 Å². The Labute approximate surface area is 147 Å². The molecular weight excluding hydrogens is 347 g/mol. The normalized spacial score (nSPS) is 14.0. The first-order valence-electron chi connectivity index (χ1n) is 7.82. The highest BCUT2D eigenvalue weighted by Crippen LogP contribution is 2.42. The summed E-state index contributed by atoms with van der Waals surface area (Å²) in [5.74, 6) is 0.257. The summed E-state index contributed by atoms with van der Waals surface area (Å²) >= 11 is 6.12. The van der Waals surface area contributed by atoms with Crippen LogP contribution >= 0.6 is 11.6 Å². The molecule has 1 aromatic carbocycles. The number of halogens is 2. The second kappa shape index (κ2) is 6.00. The van der Waals surface area contributed by atoms with E-state index in [4.69, 9.17) is 11.6 Å². The predicted octanol–water partition coefficient (Wildman–Crippen LogP) is 4.08. The Morgan fingerprint density at radius 2 is 2.20 bits per heavy atom. The van der Waals surface area contributed by atoms with Crippen molar-refractivity contribution >= 4 is 29.2 Å². The molecule has 128 valence electrons. The van der Waals surface area contributed by atoms with Crippen molar-refractivity contribution in [2.75, 3.05) is 4.90 Å². The van der Waals surface area contributed by atoms with E-state index in [1.165, 1.54) is 22.7 Å². The smallest absolute Gasteiger partial charge is 0.413 e. The Balaban J connectivity index is 1.80. The van der Waals surface area contributed by atoms with Gasteiger partial charge in [0.1, 0.15) is 16.8 Å². The Morgan fingerprint density at radius 1 is 1.40 bits per heavy atom. The molecule has 0 atom stereocenters. The third-order valence-electron chi connectivity index (χ3n) is 4.20. The van der Waals surface area contributed by atoms with Crippen molar-refractivity contribution in [2.24, 2.45) is 0 Å². The average Bonchev–Trinajstić information content (AvgIpc) is 3.32. The fourth-order valence-electron chi connectivity index (χ4n) is 2.87. The van der Waals surface area contributed by atoms with E-state index in [1.54, 1.807) is 18.3 Å². The molecule has 0 saturated heterocycles. The van der Waals surface area contributed by atoms with Gasteiger partial charge in [-0.1, -0.05) is 23.7 Å². The number of hydrogen-bond donors (Lipinski definition) is 1. The molecule has 0 spiro atoms. The second-order valence-corrected chi connectivity index (χ2v) is 6.43. The molecule has 1 aliphatic rings. The number of benzene rings is 1. The SMILES string of the molecule is O=C(O)N(Cc1cccc(F)c1)c1cc(Cl)nc2c(C3CC3)cnn12. The number of nitrogens with zero attached hydrogens (tertiary/aromatic N) is 4. The minimum atomic E-state index is -1.18. The molecule has 6 nitrogen and oxygen atoms in total. The maximum Gasteiger partial charge on any atom is 0.413 e. The van der Waals surface area contributed by atoms with E-state index >= 15 is 0 Å². The minimum absolute atomic E-state index is 0.0266. The highest BCUT2D eigenvalue weighted by atomic mass is 35.5. The summed E-state index contributed by atoms with van der Waals surface area (Å²) in [4.78, 5) is 17.2. The van der Waals surface area contributed by atoms with Gasteiger partial charge in [-0.3, -0.25) is 4.90 Å². The zero-order valence-electron chi connectivity index (χ0n) is 13.1. The molecule has 8 heteroatoms. The fourth-order valence-corrected chi connectivity index (χ4v) is 3.05. The first-order chi connectivity index (χ1) is 12.0. The van der Waals surface area contributed by atoms with E-state index in [9.17, 15) is 14.3 Å². The molecule has 1 aliphatic carbocycles. The van der Waals surface area contributed by atoms with Crippen molar-refractivity contribution in [3.05, 3.63) is 58.6 Å². The maximum atomic E-state index is 13.4. The van der Waals surface area contributed by atoms with Crippen LogP contribution in [0.25, 0.3) is 5.65 Å². The van der Waals surface area contributed by atoms with E-state index < -0.39 is 11.9 Å². The van der Waals surface area contributed by atoms with Crippen molar-refractivity contribution in [3.8, 4) is 0 Å². The van der Waals surface area contributed by atoms with Crippen LogP contribution in [0.15, 0.2) is 36.5 Å². The van der Waals surface area contributed by atoms with Gasteiger partial charge in [0.25, 0.3) is 0 Å². The Hall–Kier alpha value is -2.67. The van der Waals surface area contributed by atoms with E-state index in [1.807, 2.05) is 0 Å². The third-order valence-corrected chi connectivity index (χ3v) is 4.40. The number of fused-ring (bicyclic) bond motifs is 1. The molecule has 1 N–H and O–H groups in total. The van der Waals surface area contributed by atoms with Crippen LogP contribution in [0.2, 0.25) is 5.15 Å². The van der Waals surface area contributed by atoms with Crippen LogP contribution in [0.5, 0.6) is 0 Å². The molecule has 2 heterocycles. The molecular formula is C17H14ClFN4O2. The molecule has 1 saturated carbocycles. The summed E-state index contributed by atoms with van der Waals surface area (Å²) in [5.41, 5.74) is 2.06. The van der Waals surface area contributed by atoms with Gasteiger partial charge in [0.2, 0.25) is 0 Å². The first kappa shape index (κ1) is 15.8. The number of amides is 1. The highest BCUT2D eigenvalue weighted by molar-refractivity contribution is 6.29. The standard InChI is InChI=1S/C17H14ClFN4O2/c18-14-7-15(23-16(21-14)13(8-20-23)11-4-5-11)22(17(24)25)9-10-2-1-3-12(19)6-10/h1-3,6-8,11H,4-5,9H2,(H,24,25). The highest BCUT2D eigenvalue weighted by Gasteiger charge is 2.29. The molecule has 25 heavy (non-hydrogen) atoms. The molecule has 1 fully saturated rings. The Morgan fingerprint density at radius 3 is 2.88 bits per heavy atom. The molecule has 1 amide bonds. The molecule has 0 aliphatic heterocycles. The van der Waals surface area contributed by atoms with Crippen molar-refractivity contribution in [1.82, 2.24) is 14.6 Å². The number of anilines is 1. The summed E-state index contributed by atoms with van der Waals surface area (Å²) in [6.07, 6.45) is 2.66. The largest absolute Gasteiger partial charge is 0.465 e. The van der Waals surface area contributed by atoms with Crippen LogP contribution in [0, 0.1) is 5.82 Å². The van der Waals surface area contributed by atoms with Gasteiger partial charge in [-0.05, 0) is 36.5 Å². The van der Waals surface area contributed by atoms with Crippen LogP contribution < -0.4 is 4.90 Å². The fraction of sp³-hybridized carbons (Fsp3) is 0.235. The van der Waals surface area contributed by atoms with E-state index in [2.05, 4.69) is 10.1 Å². The van der Waals surface area contributed by atoms with Gasteiger partial charge in [0.05, 0.1) is 12.7 Å². The van der Waals surface area contributed by atoms with E-state index in [0.29, 0.717) is 17.1 Å². The van der Waals surface area contributed by atoms with Gasteiger partial charge in [-0.15, -0.1) is 0 Å². The van der Waals surface area contributed by atoms with Crippen LogP contribution in [0.4, 0.5) is 15.0 Å². The summed E-state index contributed by atoms with van der Waals surface area (Å²) in [5, 5.41) is 14.2. The maximum absolute atomic E-state index is 13.4. The van der Waals surface area contributed by atoms with Crippen molar-refractivity contribution < 1.29 is 14.3 Å². The summed E-state index contributed by atoms with van der Waals surface area (Å²) in [6, 6.07) is 7.27. The number of aromatic nitrogens is 3. The second-order valence-electron chi connectivity index (χ2n) is 6.05. The lowest BCUT2D eigenvalue weighted by molar-refractivity contribution is 0.201. The quantitative estimate of drug-likeness (QED) is 0.711. The average molecular weight is 361 g/mol. The Kier molecular flexibility index (Phi) is 3.80. The van der Waals surface area contributed by atoms with Gasteiger partial charge in [0, 0.05) is 11.6 Å². The zero-order chi connectivity index (χ0) is 17.6. The molecule has 2 aromatic heterocycles. The Bertz CT molecular complexity index is 970. The summed E-state index contributed by atoms with van der Waals surface area (Å²) in [6.45, 7) is -0.0266. The van der Waals surface area contributed by atoms with E-state index in [0.717, 1.165) is 23.3 Å². The van der Waals surface area contributed by atoms with E-state index in [-0.39, 0.29) is 17.5 Å². The molecule has 4 rings (SSSR count). The topological polar surface area (TPSA) is 70.7 Å². The van der Waals surface area contributed by atoms with Gasteiger partial charge in [0.15, 0.2) is 5.65 Å². The third kappa shape index (κ3) is 3.02. The number of carbonyl (C=O) groups is 1.